The molecule has 0 aliphatic carbocycles. The van der Waals surface area contributed by atoms with Crippen LogP contribution in [0.2, 0.25) is 0 Å². The summed E-state index contributed by atoms with van der Waals surface area (Å²) < 4.78 is 0. The van der Waals surface area contributed by atoms with Gasteiger partial charge in [0, 0.05) is 31.0 Å². The molecule has 116 valence electrons. The van der Waals surface area contributed by atoms with E-state index < -0.39 is 0 Å². The van der Waals surface area contributed by atoms with Gasteiger partial charge in [-0.15, -0.1) is 0 Å². The molecule has 0 aromatic heterocycles. The maximum absolute atomic E-state index is 12.2. The third kappa shape index (κ3) is 5.14. The van der Waals surface area contributed by atoms with Crippen LogP contribution in [0.4, 0.5) is 0 Å². The molecule has 0 saturated carbocycles. The van der Waals surface area contributed by atoms with E-state index in [0.717, 1.165) is 25.8 Å². The molecule has 0 radical (unpaired) electrons. The number of amides is 2. The molecular formula is C16H30N2O2. The Morgan fingerprint density at radius 1 is 1.15 bits per heavy atom. The third-order valence-corrected chi connectivity index (χ3v) is 3.87. The Kier molecular flexibility index (Phi) is 6.50. The van der Waals surface area contributed by atoms with E-state index in [-0.39, 0.29) is 23.1 Å². The van der Waals surface area contributed by atoms with Crippen molar-refractivity contribution in [2.75, 3.05) is 19.6 Å². The van der Waals surface area contributed by atoms with Crippen LogP contribution < -0.4 is 5.32 Å². The molecule has 0 aromatic rings. The number of hydrogen-bond acceptors (Lipinski definition) is 2. The molecule has 1 rings (SSSR count). The van der Waals surface area contributed by atoms with Crippen LogP contribution in [0.15, 0.2) is 0 Å². The highest BCUT2D eigenvalue weighted by Gasteiger charge is 2.32. The number of hydrogen-bond donors (Lipinski definition) is 1. The molecule has 1 heterocycles. The van der Waals surface area contributed by atoms with Crippen LogP contribution in [0.3, 0.4) is 0 Å². The predicted molar refractivity (Wildman–Crippen MR) is 81.3 cm³/mol. The van der Waals surface area contributed by atoms with Crippen molar-refractivity contribution in [3.05, 3.63) is 0 Å². The van der Waals surface area contributed by atoms with E-state index in [1.54, 1.807) is 0 Å². The summed E-state index contributed by atoms with van der Waals surface area (Å²) >= 11 is 0. The normalized spacial score (nSPS) is 17.1. The largest absolute Gasteiger partial charge is 0.356 e. The van der Waals surface area contributed by atoms with Gasteiger partial charge in [-0.05, 0) is 19.3 Å². The van der Waals surface area contributed by atoms with Crippen molar-refractivity contribution in [2.24, 2.45) is 11.3 Å². The van der Waals surface area contributed by atoms with Crippen molar-refractivity contribution in [3.63, 3.8) is 0 Å². The second-order valence-corrected chi connectivity index (χ2v) is 6.81. The first-order valence-electron chi connectivity index (χ1n) is 7.93. The van der Waals surface area contributed by atoms with Gasteiger partial charge in [-0.1, -0.05) is 40.5 Å². The summed E-state index contributed by atoms with van der Waals surface area (Å²) in [6, 6.07) is 0. The molecule has 0 bridgehead atoms. The number of carbonyl (C=O) groups excluding carboxylic acids is 2. The van der Waals surface area contributed by atoms with Gasteiger partial charge in [0.15, 0.2) is 0 Å². The van der Waals surface area contributed by atoms with E-state index in [2.05, 4.69) is 12.2 Å². The maximum atomic E-state index is 12.2. The number of nitrogens with zero attached hydrogens (tertiary/aromatic N) is 1. The number of unbranched alkanes of at least 4 members (excludes halogenated alkanes) is 2. The lowest BCUT2D eigenvalue weighted by molar-refractivity contribution is -0.142. The van der Waals surface area contributed by atoms with E-state index in [9.17, 15) is 9.59 Å². The fraction of sp³-hybridized carbons (Fsp3) is 0.875. The minimum absolute atomic E-state index is 0.0839. The minimum Gasteiger partial charge on any atom is -0.356 e. The zero-order valence-corrected chi connectivity index (χ0v) is 13.5. The topological polar surface area (TPSA) is 49.4 Å². The maximum Gasteiger partial charge on any atom is 0.227 e. The molecule has 0 atom stereocenters. The number of rotatable bonds is 5. The summed E-state index contributed by atoms with van der Waals surface area (Å²) in [6.07, 6.45) is 4.98. The Labute approximate surface area is 123 Å². The molecule has 0 spiro atoms. The molecular weight excluding hydrogens is 252 g/mol. The lowest BCUT2D eigenvalue weighted by atomic mass is 9.90. The summed E-state index contributed by atoms with van der Waals surface area (Å²) in [5.41, 5.74) is -0.324. The fourth-order valence-corrected chi connectivity index (χ4v) is 2.55. The van der Waals surface area contributed by atoms with E-state index in [4.69, 9.17) is 0 Å². The van der Waals surface area contributed by atoms with Crippen LogP contribution >= 0.6 is 0 Å². The standard InChI is InChI=1S/C16H30N2O2/c1-5-6-7-10-17-14(19)13-8-11-18(12-9-13)15(20)16(2,3)4/h13H,5-12H2,1-4H3,(H,17,19). The van der Waals surface area contributed by atoms with Gasteiger partial charge in [-0.25, -0.2) is 0 Å². The van der Waals surface area contributed by atoms with Crippen LogP contribution in [0, 0.1) is 11.3 Å². The van der Waals surface area contributed by atoms with Gasteiger partial charge in [-0.3, -0.25) is 9.59 Å². The summed E-state index contributed by atoms with van der Waals surface area (Å²) in [7, 11) is 0. The van der Waals surface area contributed by atoms with Gasteiger partial charge in [-0.2, -0.15) is 0 Å². The second-order valence-electron chi connectivity index (χ2n) is 6.81. The summed E-state index contributed by atoms with van der Waals surface area (Å²) in [4.78, 5) is 26.1. The first-order valence-corrected chi connectivity index (χ1v) is 7.93. The van der Waals surface area contributed by atoms with Crippen molar-refractivity contribution in [1.82, 2.24) is 10.2 Å². The molecule has 4 heteroatoms. The molecule has 1 saturated heterocycles. The van der Waals surface area contributed by atoms with Crippen molar-refractivity contribution in [2.45, 2.75) is 59.8 Å². The van der Waals surface area contributed by atoms with Crippen LogP contribution in [-0.4, -0.2) is 36.3 Å². The van der Waals surface area contributed by atoms with E-state index in [1.807, 2.05) is 25.7 Å². The molecule has 0 unspecified atom stereocenters. The number of nitrogens with one attached hydrogen (secondary N) is 1. The molecule has 1 fully saturated rings. The van der Waals surface area contributed by atoms with E-state index in [0.29, 0.717) is 13.1 Å². The van der Waals surface area contributed by atoms with Crippen molar-refractivity contribution < 1.29 is 9.59 Å². The average Bonchev–Trinajstić information content (AvgIpc) is 2.41. The third-order valence-electron chi connectivity index (χ3n) is 3.87. The van der Waals surface area contributed by atoms with E-state index >= 15 is 0 Å². The summed E-state index contributed by atoms with van der Waals surface area (Å²) in [5, 5.41) is 3.02. The van der Waals surface area contributed by atoms with Crippen LogP contribution in [0.25, 0.3) is 0 Å². The Morgan fingerprint density at radius 2 is 1.75 bits per heavy atom. The van der Waals surface area contributed by atoms with Crippen molar-refractivity contribution in [3.8, 4) is 0 Å². The van der Waals surface area contributed by atoms with Gasteiger partial charge >= 0.3 is 0 Å². The first kappa shape index (κ1) is 17.0. The molecule has 4 nitrogen and oxygen atoms in total. The Morgan fingerprint density at radius 3 is 2.25 bits per heavy atom. The average molecular weight is 282 g/mol. The molecule has 0 aromatic carbocycles. The van der Waals surface area contributed by atoms with E-state index in [1.165, 1.54) is 12.8 Å². The zero-order chi connectivity index (χ0) is 15.2. The highest BCUT2D eigenvalue weighted by Crippen LogP contribution is 2.23. The van der Waals surface area contributed by atoms with Gasteiger partial charge in [0.05, 0.1) is 0 Å². The van der Waals surface area contributed by atoms with Gasteiger partial charge in [0.25, 0.3) is 0 Å². The summed E-state index contributed by atoms with van der Waals surface area (Å²) in [6.45, 7) is 10.2. The smallest absolute Gasteiger partial charge is 0.227 e. The molecule has 1 aliphatic rings. The fourth-order valence-electron chi connectivity index (χ4n) is 2.55. The van der Waals surface area contributed by atoms with Gasteiger partial charge < -0.3 is 10.2 Å². The van der Waals surface area contributed by atoms with Crippen molar-refractivity contribution in [1.29, 1.82) is 0 Å². The second kappa shape index (κ2) is 7.65. The Bertz CT molecular complexity index is 326. The monoisotopic (exact) mass is 282 g/mol. The minimum atomic E-state index is -0.324. The molecule has 20 heavy (non-hydrogen) atoms. The number of likely N-dealkylation sites (tertiary alicyclic amines) is 1. The Balaban J connectivity index is 2.31. The number of carbonyl (C=O) groups is 2. The predicted octanol–water partition coefficient (Wildman–Crippen LogP) is 2.58. The number of piperidine rings is 1. The lowest BCUT2D eigenvalue weighted by Crippen LogP contribution is -2.46. The van der Waals surface area contributed by atoms with Gasteiger partial charge in [0.2, 0.25) is 11.8 Å². The lowest BCUT2D eigenvalue weighted by Gasteiger charge is -2.35. The molecule has 1 aliphatic heterocycles. The zero-order valence-electron chi connectivity index (χ0n) is 13.5. The first-order chi connectivity index (χ1) is 9.36. The van der Waals surface area contributed by atoms with Crippen LogP contribution in [-0.2, 0) is 9.59 Å². The molecule has 2 amide bonds. The highest BCUT2D eigenvalue weighted by atomic mass is 16.2. The van der Waals surface area contributed by atoms with Gasteiger partial charge in [0.1, 0.15) is 0 Å². The van der Waals surface area contributed by atoms with Crippen LogP contribution in [0.5, 0.6) is 0 Å². The summed E-state index contributed by atoms with van der Waals surface area (Å²) in [5.74, 6) is 0.448. The molecule has 1 N–H and O–H groups in total. The SMILES string of the molecule is CCCCCNC(=O)C1CCN(C(=O)C(C)(C)C)CC1. The quantitative estimate of drug-likeness (QED) is 0.788. The highest BCUT2D eigenvalue weighted by molar-refractivity contribution is 5.82. The van der Waals surface area contributed by atoms with Crippen molar-refractivity contribution >= 4 is 11.8 Å². The Hall–Kier alpha value is -1.06. The van der Waals surface area contributed by atoms with Crippen LogP contribution in [0.1, 0.15) is 59.8 Å².